The van der Waals surface area contributed by atoms with Crippen molar-refractivity contribution in [2.75, 3.05) is 23.9 Å². The van der Waals surface area contributed by atoms with Crippen molar-refractivity contribution in [2.24, 2.45) is 0 Å². The van der Waals surface area contributed by atoms with Crippen LogP contribution in [0, 0.1) is 0 Å². The first kappa shape index (κ1) is 16.9. The van der Waals surface area contributed by atoms with E-state index < -0.39 is 0 Å². The molecule has 0 atom stereocenters. The minimum atomic E-state index is -0.373. The Balaban J connectivity index is 1.84. The minimum absolute atomic E-state index is 0.277. The number of benzene rings is 1. The number of nitrogens with two attached hydrogens (primary N) is 1. The van der Waals surface area contributed by atoms with Crippen LogP contribution in [0.1, 0.15) is 64.4 Å². The summed E-state index contributed by atoms with van der Waals surface area (Å²) in [7, 11) is 0. The highest BCUT2D eigenvalue weighted by Crippen LogP contribution is 2.43. The first-order valence-electron chi connectivity index (χ1n) is 9.03. The molecule has 132 valence electrons. The maximum atomic E-state index is 12.6. The number of likely N-dealkylation sites (tertiary alicyclic amines) is 1. The molecule has 5 nitrogen and oxygen atoms in total. The van der Waals surface area contributed by atoms with Crippen LogP contribution < -0.4 is 10.8 Å². The van der Waals surface area contributed by atoms with Crippen molar-refractivity contribution in [3.05, 3.63) is 23.8 Å². The molecule has 2 N–H and O–H groups in total. The van der Waals surface area contributed by atoms with Gasteiger partial charge in [0.2, 0.25) is 0 Å². The number of hydrogen-bond acceptors (Lipinski definition) is 4. The van der Waals surface area contributed by atoms with Gasteiger partial charge in [-0.1, -0.05) is 6.07 Å². The third-order valence-corrected chi connectivity index (χ3v) is 4.71. The smallest absolute Gasteiger partial charge is 0.397 e. The average molecular weight is 331 g/mol. The molecule has 0 bridgehead atoms. The Kier molecular flexibility index (Phi) is 4.61. The number of hydrogen-bond donors (Lipinski definition) is 1. The van der Waals surface area contributed by atoms with Crippen LogP contribution in [0.25, 0.3) is 0 Å². The molecule has 0 unspecified atom stereocenters. The topological polar surface area (TPSA) is 58.8 Å². The maximum absolute atomic E-state index is 12.6. The summed E-state index contributed by atoms with van der Waals surface area (Å²) in [5.41, 5.74) is 8.55. The number of carbonyl (C=O) groups excluding carboxylic acids is 1. The van der Waals surface area contributed by atoms with Crippen LogP contribution in [0.5, 0.6) is 0 Å². The number of nitrogen functional groups attached to an aromatic ring is 1. The molecule has 3 rings (SSSR count). The lowest BCUT2D eigenvalue weighted by Crippen LogP contribution is -2.47. The van der Waals surface area contributed by atoms with Crippen molar-refractivity contribution in [1.29, 1.82) is 0 Å². The first-order valence-corrected chi connectivity index (χ1v) is 9.03. The van der Waals surface area contributed by atoms with Crippen molar-refractivity contribution in [3.8, 4) is 0 Å². The third kappa shape index (κ3) is 3.77. The highest BCUT2D eigenvalue weighted by molar-refractivity contribution is 5.74. The number of rotatable bonds is 3. The second kappa shape index (κ2) is 6.54. The molecule has 1 saturated heterocycles. The zero-order chi connectivity index (χ0) is 17.3. The fraction of sp³-hybridized carbons (Fsp3) is 0.632. The Morgan fingerprint density at radius 3 is 2.46 bits per heavy atom. The van der Waals surface area contributed by atoms with Gasteiger partial charge in [-0.05, 0) is 76.5 Å². The van der Waals surface area contributed by atoms with E-state index in [1.54, 1.807) is 9.96 Å². The van der Waals surface area contributed by atoms with Crippen LogP contribution in [0.3, 0.4) is 0 Å². The van der Waals surface area contributed by atoms with Crippen molar-refractivity contribution < 1.29 is 9.63 Å². The molecule has 0 radical (unpaired) electrons. The summed E-state index contributed by atoms with van der Waals surface area (Å²) >= 11 is 0. The second-order valence-electron chi connectivity index (χ2n) is 7.96. The summed E-state index contributed by atoms with van der Waals surface area (Å²) in [6.07, 6.45) is 5.46. The Hall–Kier alpha value is -1.91. The summed E-state index contributed by atoms with van der Waals surface area (Å²) < 4.78 is 0. The predicted octanol–water partition coefficient (Wildman–Crippen LogP) is 4.29. The summed E-state index contributed by atoms with van der Waals surface area (Å²) in [4.78, 5) is 20.2. The molecule has 1 aromatic carbocycles. The van der Waals surface area contributed by atoms with Gasteiger partial charge in [0, 0.05) is 13.1 Å². The van der Waals surface area contributed by atoms with Gasteiger partial charge >= 0.3 is 6.09 Å². The van der Waals surface area contributed by atoms with Gasteiger partial charge in [-0.2, -0.15) is 5.06 Å². The third-order valence-electron chi connectivity index (χ3n) is 4.71. The summed E-state index contributed by atoms with van der Waals surface area (Å²) in [5.74, 6) is 0.629. The molecule has 5 heteroatoms. The number of piperidine rings is 1. The van der Waals surface area contributed by atoms with E-state index in [4.69, 9.17) is 10.6 Å². The molecule has 1 aromatic rings. The SMILES string of the molecule is CC(C)(C)N(OC(=O)N1CCCCC1)c1cc(C2CC2)ccc1N. The molecular weight excluding hydrogens is 302 g/mol. The average Bonchev–Trinajstić information content (AvgIpc) is 3.38. The van der Waals surface area contributed by atoms with E-state index in [0.29, 0.717) is 11.6 Å². The van der Waals surface area contributed by atoms with E-state index in [-0.39, 0.29) is 11.6 Å². The van der Waals surface area contributed by atoms with Crippen molar-refractivity contribution in [1.82, 2.24) is 4.90 Å². The van der Waals surface area contributed by atoms with Crippen LogP contribution >= 0.6 is 0 Å². The van der Waals surface area contributed by atoms with Gasteiger partial charge in [-0.25, -0.2) is 4.79 Å². The monoisotopic (exact) mass is 331 g/mol. The maximum Gasteiger partial charge on any atom is 0.434 e. The molecular formula is C19H29N3O2. The molecule has 2 fully saturated rings. The zero-order valence-corrected chi connectivity index (χ0v) is 15.0. The van der Waals surface area contributed by atoms with Gasteiger partial charge in [-0.15, -0.1) is 0 Å². The highest BCUT2D eigenvalue weighted by atomic mass is 16.7. The quantitative estimate of drug-likeness (QED) is 0.663. The normalized spacial score (nSPS) is 18.4. The lowest BCUT2D eigenvalue weighted by molar-refractivity contribution is 0.0645. The number of nitrogens with zero attached hydrogens (tertiary/aromatic N) is 2. The number of anilines is 2. The van der Waals surface area contributed by atoms with Gasteiger partial charge in [0.1, 0.15) is 0 Å². The first-order chi connectivity index (χ1) is 11.4. The van der Waals surface area contributed by atoms with Gasteiger partial charge in [0.25, 0.3) is 0 Å². The Bertz CT molecular complexity index is 599. The second-order valence-corrected chi connectivity index (χ2v) is 7.96. The van der Waals surface area contributed by atoms with E-state index >= 15 is 0 Å². The van der Waals surface area contributed by atoms with E-state index in [1.165, 1.54) is 24.8 Å². The molecule has 1 saturated carbocycles. The largest absolute Gasteiger partial charge is 0.434 e. The number of amides is 1. The van der Waals surface area contributed by atoms with Crippen molar-refractivity contribution in [2.45, 2.75) is 64.3 Å². The fourth-order valence-corrected chi connectivity index (χ4v) is 3.17. The molecule has 0 spiro atoms. The van der Waals surface area contributed by atoms with Crippen LogP contribution in [0.4, 0.5) is 16.2 Å². The molecule has 1 amide bonds. The van der Waals surface area contributed by atoms with Crippen LogP contribution in [0.15, 0.2) is 18.2 Å². The van der Waals surface area contributed by atoms with Crippen LogP contribution in [-0.2, 0) is 4.84 Å². The standard InChI is InChI=1S/C19H29N3O2/c1-19(2,3)22(24-18(23)21-11-5-4-6-12-21)17-13-15(14-7-8-14)9-10-16(17)20/h9-10,13-14H,4-8,11-12,20H2,1-3H3. The Morgan fingerprint density at radius 1 is 1.21 bits per heavy atom. The molecule has 1 aliphatic heterocycles. The predicted molar refractivity (Wildman–Crippen MR) is 97.0 cm³/mol. The van der Waals surface area contributed by atoms with Crippen molar-refractivity contribution in [3.63, 3.8) is 0 Å². The number of carbonyl (C=O) groups is 1. The van der Waals surface area contributed by atoms with Gasteiger partial charge < -0.3 is 15.5 Å². The van der Waals surface area contributed by atoms with Crippen molar-refractivity contribution >= 4 is 17.5 Å². The Morgan fingerprint density at radius 2 is 1.88 bits per heavy atom. The van der Waals surface area contributed by atoms with E-state index in [0.717, 1.165) is 31.6 Å². The summed E-state index contributed by atoms with van der Waals surface area (Å²) in [5, 5.41) is 1.69. The zero-order valence-electron chi connectivity index (χ0n) is 15.0. The summed E-state index contributed by atoms with van der Waals surface area (Å²) in [6, 6.07) is 6.10. The van der Waals surface area contributed by atoms with Crippen LogP contribution in [0.2, 0.25) is 0 Å². The van der Waals surface area contributed by atoms with Gasteiger partial charge in [0.05, 0.1) is 16.9 Å². The molecule has 1 aliphatic carbocycles. The molecule has 0 aromatic heterocycles. The van der Waals surface area contributed by atoms with Crippen LogP contribution in [-0.4, -0.2) is 29.6 Å². The van der Waals surface area contributed by atoms with Gasteiger partial charge in [0.15, 0.2) is 0 Å². The lowest BCUT2D eigenvalue weighted by atomic mass is 10.0. The molecule has 2 aliphatic rings. The molecule has 24 heavy (non-hydrogen) atoms. The highest BCUT2D eigenvalue weighted by Gasteiger charge is 2.32. The lowest BCUT2D eigenvalue weighted by Gasteiger charge is -2.38. The van der Waals surface area contributed by atoms with E-state index in [2.05, 4.69) is 12.1 Å². The minimum Gasteiger partial charge on any atom is -0.397 e. The summed E-state index contributed by atoms with van der Waals surface area (Å²) in [6.45, 7) is 7.63. The van der Waals surface area contributed by atoms with Gasteiger partial charge in [-0.3, -0.25) is 0 Å². The van der Waals surface area contributed by atoms with E-state index in [9.17, 15) is 4.79 Å². The number of hydroxylamine groups is 1. The fourth-order valence-electron chi connectivity index (χ4n) is 3.17. The Labute approximate surface area is 144 Å². The van der Waals surface area contributed by atoms with E-state index in [1.807, 2.05) is 26.8 Å². The molecule has 1 heterocycles.